The molecule has 26 heavy (non-hydrogen) atoms. The molecule has 0 radical (unpaired) electrons. The second-order valence-electron chi connectivity index (χ2n) is 6.33. The number of thiophene rings is 1. The third-order valence-corrected chi connectivity index (χ3v) is 5.55. The minimum atomic E-state index is 0.687. The molecule has 5 nitrogen and oxygen atoms in total. The predicted molar refractivity (Wildman–Crippen MR) is 107 cm³/mol. The van der Waals surface area contributed by atoms with Gasteiger partial charge in [-0.05, 0) is 48.4 Å². The average Bonchev–Trinajstić information content (AvgIpc) is 3.41. The molecule has 4 rings (SSSR count). The van der Waals surface area contributed by atoms with E-state index in [1.807, 2.05) is 6.07 Å². The fraction of sp³-hybridized carbons (Fsp3) is 0.300. The van der Waals surface area contributed by atoms with Gasteiger partial charge in [-0.25, -0.2) is 4.68 Å². The molecule has 0 saturated carbocycles. The van der Waals surface area contributed by atoms with E-state index in [4.69, 9.17) is 5.10 Å². The summed E-state index contributed by atoms with van der Waals surface area (Å²) in [6, 6.07) is 14.6. The van der Waals surface area contributed by atoms with E-state index in [-0.39, 0.29) is 0 Å². The molecule has 0 amide bonds. The molecule has 0 spiro atoms. The zero-order valence-corrected chi connectivity index (χ0v) is 15.7. The molecule has 0 fully saturated rings. The van der Waals surface area contributed by atoms with Crippen LogP contribution in [0.3, 0.4) is 0 Å². The van der Waals surface area contributed by atoms with Gasteiger partial charge in [0.05, 0.1) is 24.5 Å². The van der Waals surface area contributed by atoms with Crippen LogP contribution in [0.25, 0.3) is 5.69 Å². The molecule has 2 aromatic heterocycles. The molecule has 0 bridgehead atoms. The lowest BCUT2D eigenvalue weighted by molar-refractivity contribution is 0.732. The molecule has 0 saturated heterocycles. The summed E-state index contributed by atoms with van der Waals surface area (Å²) in [5.74, 6) is 0.805. The molecular weight excluding hydrogens is 342 g/mol. The molecule has 6 heteroatoms. The minimum absolute atomic E-state index is 0.687. The van der Waals surface area contributed by atoms with Gasteiger partial charge in [0.2, 0.25) is 0 Å². The molecule has 2 heterocycles. The SMILES string of the molecule is CN=C(NCc1cccs1)NCc1nn(-c2ccccc2)c2c1CCC2. The third-order valence-electron chi connectivity index (χ3n) is 4.67. The van der Waals surface area contributed by atoms with Crippen LogP contribution in [0.15, 0.2) is 52.8 Å². The molecule has 0 aliphatic heterocycles. The van der Waals surface area contributed by atoms with Crippen molar-refractivity contribution in [2.75, 3.05) is 7.05 Å². The van der Waals surface area contributed by atoms with Gasteiger partial charge in [-0.15, -0.1) is 11.3 Å². The van der Waals surface area contributed by atoms with Crippen LogP contribution in [0, 0.1) is 0 Å². The molecule has 1 aliphatic rings. The lowest BCUT2D eigenvalue weighted by Crippen LogP contribution is -2.36. The Bertz CT molecular complexity index is 881. The van der Waals surface area contributed by atoms with Gasteiger partial charge >= 0.3 is 0 Å². The molecule has 3 aromatic rings. The highest BCUT2D eigenvalue weighted by Gasteiger charge is 2.23. The minimum Gasteiger partial charge on any atom is -0.352 e. The van der Waals surface area contributed by atoms with E-state index >= 15 is 0 Å². The number of guanidine groups is 1. The number of nitrogens with zero attached hydrogens (tertiary/aromatic N) is 3. The van der Waals surface area contributed by atoms with Gasteiger partial charge in [-0.3, -0.25) is 4.99 Å². The van der Waals surface area contributed by atoms with E-state index in [1.54, 1.807) is 18.4 Å². The summed E-state index contributed by atoms with van der Waals surface area (Å²) in [4.78, 5) is 5.62. The number of nitrogens with one attached hydrogen (secondary N) is 2. The first kappa shape index (κ1) is 16.8. The van der Waals surface area contributed by atoms with Crippen molar-refractivity contribution in [3.05, 3.63) is 69.7 Å². The van der Waals surface area contributed by atoms with Gasteiger partial charge in [0.1, 0.15) is 0 Å². The Kier molecular flexibility index (Phi) is 5.02. The zero-order chi connectivity index (χ0) is 17.8. The van der Waals surface area contributed by atoms with Crippen LogP contribution in [0.4, 0.5) is 0 Å². The smallest absolute Gasteiger partial charge is 0.191 e. The molecular formula is C20H23N5S. The maximum absolute atomic E-state index is 4.89. The normalized spacial score (nSPS) is 13.7. The van der Waals surface area contributed by atoms with Gasteiger partial charge < -0.3 is 10.6 Å². The van der Waals surface area contributed by atoms with Crippen LogP contribution >= 0.6 is 11.3 Å². The number of hydrogen-bond donors (Lipinski definition) is 2. The van der Waals surface area contributed by atoms with Crippen LogP contribution in [0.1, 0.15) is 28.2 Å². The highest BCUT2D eigenvalue weighted by molar-refractivity contribution is 7.09. The van der Waals surface area contributed by atoms with Crippen molar-refractivity contribution in [1.82, 2.24) is 20.4 Å². The lowest BCUT2D eigenvalue weighted by Gasteiger charge is -2.10. The summed E-state index contributed by atoms with van der Waals surface area (Å²) in [5, 5.41) is 13.8. The van der Waals surface area contributed by atoms with Crippen LogP contribution < -0.4 is 10.6 Å². The molecule has 0 atom stereocenters. The molecule has 1 aromatic carbocycles. The Morgan fingerprint density at radius 3 is 2.73 bits per heavy atom. The Labute approximate surface area is 157 Å². The molecule has 0 unspecified atom stereocenters. The number of benzene rings is 1. The van der Waals surface area contributed by atoms with Crippen molar-refractivity contribution in [2.45, 2.75) is 32.4 Å². The van der Waals surface area contributed by atoms with Crippen molar-refractivity contribution in [1.29, 1.82) is 0 Å². The lowest BCUT2D eigenvalue weighted by atomic mass is 10.2. The quantitative estimate of drug-likeness (QED) is 0.539. The van der Waals surface area contributed by atoms with Gasteiger partial charge in [-0.1, -0.05) is 24.3 Å². The van der Waals surface area contributed by atoms with Crippen molar-refractivity contribution >= 4 is 17.3 Å². The van der Waals surface area contributed by atoms with Gasteiger partial charge in [0, 0.05) is 17.6 Å². The van der Waals surface area contributed by atoms with Gasteiger partial charge in [0.25, 0.3) is 0 Å². The van der Waals surface area contributed by atoms with Crippen molar-refractivity contribution < 1.29 is 0 Å². The second-order valence-corrected chi connectivity index (χ2v) is 7.36. The second kappa shape index (κ2) is 7.74. The fourth-order valence-corrected chi connectivity index (χ4v) is 4.06. The summed E-state index contributed by atoms with van der Waals surface area (Å²) in [5.41, 5.74) is 5.02. The van der Waals surface area contributed by atoms with E-state index in [1.165, 1.54) is 22.6 Å². The summed E-state index contributed by atoms with van der Waals surface area (Å²) in [7, 11) is 1.80. The molecule has 1 aliphatic carbocycles. The van der Waals surface area contributed by atoms with Crippen LogP contribution in [-0.2, 0) is 25.9 Å². The summed E-state index contributed by atoms with van der Waals surface area (Å²) < 4.78 is 2.11. The van der Waals surface area contributed by atoms with E-state index < -0.39 is 0 Å². The van der Waals surface area contributed by atoms with E-state index in [9.17, 15) is 0 Å². The first-order valence-corrected chi connectivity index (χ1v) is 9.85. The van der Waals surface area contributed by atoms with Crippen LogP contribution in [0.2, 0.25) is 0 Å². The van der Waals surface area contributed by atoms with Crippen LogP contribution in [0.5, 0.6) is 0 Å². The van der Waals surface area contributed by atoms with E-state index in [0.717, 1.165) is 36.7 Å². The predicted octanol–water partition coefficient (Wildman–Crippen LogP) is 3.29. The Morgan fingerprint density at radius 2 is 1.96 bits per heavy atom. The topological polar surface area (TPSA) is 54.2 Å². The molecule has 134 valence electrons. The number of aromatic nitrogens is 2. The van der Waals surface area contributed by atoms with Crippen LogP contribution in [-0.4, -0.2) is 22.8 Å². The largest absolute Gasteiger partial charge is 0.352 e. The Morgan fingerprint density at radius 1 is 1.12 bits per heavy atom. The number of hydrogen-bond acceptors (Lipinski definition) is 3. The average molecular weight is 366 g/mol. The first-order valence-electron chi connectivity index (χ1n) is 8.97. The first-order chi connectivity index (χ1) is 12.8. The Balaban J connectivity index is 1.46. The highest BCUT2D eigenvalue weighted by Crippen LogP contribution is 2.27. The summed E-state index contributed by atoms with van der Waals surface area (Å²) in [6.45, 7) is 1.47. The van der Waals surface area contributed by atoms with Crippen molar-refractivity contribution in [3.8, 4) is 5.69 Å². The van der Waals surface area contributed by atoms with E-state index in [0.29, 0.717) is 6.54 Å². The van der Waals surface area contributed by atoms with Gasteiger partial charge in [-0.2, -0.15) is 5.10 Å². The standard InChI is InChI=1S/C20H23N5S/c1-21-20(22-13-16-9-6-12-26-16)23-14-18-17-10-5-11-19(17)25(24-18)15-7-3-2-4-8-15/h2-4,6-9,12H,5,10-11,13-14H2,1H3,(H2,21,22,23). The van der Waals surface area contributed by atoms with Crippen molar-refractivity contribution in [2.24, 2.45) is 4.99 Å². The maximum Gasteiger partial charge on any atom is 0.191 e. The number of para-hydroxylation sites is 1. The monoisotopic (exact) mass is 365 g/mol. The number of rotatable bonds is 5. The Hall–Kier alpha value is -2.60. The highest BCUT2D eigenvalue weighted by atomic mass is 32.1. The zero-order valence-electron chi connectivity index (χ0n) is 14.9. The number of fused-ring (bicyclic) bond motifs is 1. The third kappa shape index (κ3) is 3.51. The molecule has 2 N–H and O–H groups in total. The fourth-order valence-electron chi connectivity index (χ4n) is 3.41. The number of aliphatic imine (C=N–C) groups is 1. The van der Waals surface area contributed by atoms with E-state index in [2.05, 4.69) is 62.1 Å². The summed E-state index contributed by atoms with van der Waals surface area (Å²) in [6.07, 6.45) is 3.42. The van der Waals surface area contributed by atoms with Crippen molar-refractivity contribution in [3.63, 3.8) is 0 Å². The summed E-state index contributed by atoms with van der Waals surface area (Å²) >= 11 is 1.75. The maximum atomic E-state index is 4.89. The van der Waals surface area contributed by atoms with Gasteiger partial charge in [0.15, 0.2) is 5.96 Å².